The Bertz CT molecular complexity index is 838. The highest BCUT2D eigenvalue weighted by molar-refractivity contribution is 7.89. The van der Waals surface area contributed by atoms with Crippen LogP contribution < -0.4 is 4.74 Å². The van der Waals surface area contributed by atoms with Crippen molar-refractivity contribution in [1.29, 1.82) is 0 Å². The molecule has 1 fully saturated rings. The van der Waals surface area contributed by atoms with E-state index in [1.807, 2.05) is 18.2 Å². The third-order valence-electron chi connectivity index (χ3n) is 4.05. The zero-order chi connectivity index (χ0) is 18.1. The average molecular weight is 371 g/mol. The highest BCUT2D eigenvalue weighted by Crippen LogP contribution is 2.39. The van der Waals surface area contributed by atoms with Gasteiger partial charge in [-0.3, -0.25) is 0 Å². The monoisotopic (exact) mass is 371 g/mol. The Morgan fingerprint density at radius 1 is 1.00 bits per heavy atom. The molecule has 1 saturated heterocycles. The topological polar surface area (TPSA) is 46.6 Å². The molecule has 0 amide bonds. The average Bonchev–Trinajstić information content (AvgIpc) is 3.05. The first kappa shape index (κ1) is 17.8. The van der Waals surface area contributed by atoms with Crippen LogP contribution in [0, 0.1) is 0 Å². The second-order valence-electron chi connectivity index (χ2n) is 5.68. The molecule has 1 heterocycles. The summed E-state index contributed by atoms with van der Waals surface area (Å²) in [5.74, 6) is -0.714. The second-order valence-corrected chi connectivity index (χ2v) is 7.54. The Morgan fingerprint density at radius 3 is 2.32 bits per heavy atom. The van der Waals surface area contributed by atoms with E-state index >= 15 is 0 Å². The summed E-state index contributed by atoms with van der Waals surface area (Å²) in [5, 5.41) is 0. The van der Waals surface area contributed by atoms with Crippen molar-refractivity contribution < 1.29 is 26.3 Å². The van der Waals surface area contributed by atoms with Crippen molar-refractivity contribution in [3.63, 3.8) is 0 Å². The lowest BCUT2D eigenvalue weighted by Crippen LogP contribution is -2.31. The lowest BCUT2D eigenvalue weighted by Gasteiger charge is -2.25. The molecule has 0 N–H and O–H groups in total. The Morgan fingerprint density at radius 2 is 1.64 bits per heavy atom. The largest absolute Gasteiger partial charge is 0.573 e. The first-order chi connectivity index (χ1) is 11.8. The minimum absolute atomic E-state index is 0.252. The molecule has 1 aliphatic rings. The van der Waals surface area contributed by atoms with Crippen LogP contribution in [0.2, 0.25) is 0 Å². The number of benzene rings is 2. The van der Waals surface area contributed by atoms with Crippen molar-refractivity contribution in [2.45, 2.75) is 30.1 Å². The van der Waals surface area contributed by atoms with E-state index in [-0.39, 0.29) is 6.54 Å². The van der Waals surface area contributed by atoms with Crippen molar-refractivity contribution in [1.82, 2.24) is 4.31 Å². The second kappa shape index (κ2) is 6.68. The molecule has 25 heavy (non-hydrogen) atoms. The fourth-order valence-electron chi connectivity index (χ4n) is 3.03. The van der Waals surface area contributed by atoms with E-state index in [9.17, 15) is 21.6 Å². The Labute approximate surface area is 143 Å². The number of para-hydroxylation sites is 1. The van der Waals surface area contributed by atoms with Crippen LogP contribution in [0.5, 0.6) is 5.75 Å². The number of alkyl halides is 3. The van der Waals surface area contributed by atoms with E-state index in [1.165, 1.54) is 16.4 Å². The standard InChI is InChI=1S/C17H16F3NO3S/c18-17(19,20)24-15-10-4-5-11-16(15)25(22,23)21-12-6-9-14(21)13-7-2-1-3-8-13/h1-5,7-8,10-11,14H,6,9,12H2/t14-/m0/s1. The molecule has 0 saturated carbocycles. The molecular weight excluding hydrogens is 355 g/mol. The predicted octanol–water partition coefficient (Wildman–Crippen LogP) is 4.11. The van der Waals surface area contributed by atoms with Gasteiger partial charge in [-0.2, -0.15) is 4.31 Å². The van der Waals surface area contributed by atoms with Crippen molar-refractivity contribution in [2.75, 3.05) is 6.54 Å². The van der Waals surface area contributed by atoms with Crippen molar-refractivity contribution in [2.24, 2.45) is 0 Å². The molecule has 4 nitrogen and oxygen atoms in total. The van der Waals surface area contributed by atoms with Crippen LogP contribution in [-0.2, 0) is 10.0 Å². The lowest BCUT2D eigenvalue weighted by atomic mass is 10.1. The minimum Gasteiger partial charge on any atom is -0.404 e. The van der Waals surface area contributed by atoms with Crippen molar-refractivity contribution in [3.8, 4) is 5.75 Å². The lowest BCUT2D eigenvalue weighted by molar-refractivity contribution is -0.275. The summed E-state index contributed by atoms with van der Waals surface area (Å²) in [4.78, 5) is -0.477. The predicted molar refractivity (Wildman–Crippen MR) is 85.4 cm³/mol. The third kappa shape index (κ3) is 3.80. The Hall–Kier alpha value is -2.06. The summed E-state index contributed by atoms with van der Waals surface area (Å²) in [6, 6.07) is 13.5. The SMILES string of the molecule is O=S(=O)(c1ccccc1OC(F)(F)F)N1CCC[C@H]1c1ccccc1. The van der Waals surface area contributed by atoms with Gasteiger partial charge in [0.15, 0.2) is 0 Å². The van der Waals surface area contributed by atoms with E-state index in [2.05, 4.69) is 4.74 Å². The highest BCUT2D eigenvalue weighted by atomic mass is 32.2. The van der Waals surface area contributed by atoms with Gasteiger partial charge < -0.3 is 4.74 Å². The fourth-order valence-corrected chi connectivity index (χ4v) is 4.83. The zero-order valence-electron chi connectivity index (χ0n) is 13.1. The van der Waals surface area contributed by atoms with Gasteiger partial charge in [-0.1, -0.05) is 42.5 Å². The maximum atomic E-state index is 13.0. The van der Waals surface area contributed by atoms with Crippen LogP contribution in [0.4, 0.5) is 13.2 Å². The first-order valence-corrected chi connectivity index (χ1v) is 9.14. The number of nitrogens with zero attached hydrogens (tertiary/aromatic N) is 1. The minimum atomic E-state index is -4.96. The molecule has 1 aliphatic heterocycles. The van der Waals surface area contributed by atoms with Gasteiger partial charge in [-0.15, -0.1) is 13.2 Å². The number of rotatable bonds is 4. The van der Waals surface area contributed by atoms with Crippen molar-refractivity contribution in [3.05, 3.63) is 60.2 Å². The Balaban J connectivity index is 1.99. The molecule has 134 valence electrons. The van der Waals surface area contributed by atoms with Gasteiger partial charge in [-0.05, 0) is 30.5 Å². The van der Waals surface area contributed by atoms with Crippen LogP contribution >= 0.6 is 0 Å². The van der Waals surface area contributed by atoms with Gasteiger partial charge in [0.25, 0.3) is 0 Å². The number of halogens is 3. The zero-order valence-corrected chi connectivity index (χ0v) is 13.9. The van der Waals surface area contributed by atoms with Gasteiger partial charge in [0, 0.05) is 6.54 Å². The van der Waals surface area contributed by atoms with Gasteiger partial charge in [0.2, 0.25) is 10.0 Å². The summed E-state index contributed by atoms with van der Waals surface area (Å²) in [7, 11) is -4.13. The van der Waals surface area contributed by atoms with Gasteiger partial charge in [-0.25, -0.2) is 8.42 Å². The number of hydrogen-bond donors (Lipinski definition) is 0. The van der Waals surface area contributed by atoms with E-state index in [4.69, 9.17) is 0 Å². The molecule has 0 bridgehead atoms. The smallest absolute Gasteiger partial charge is 0.404 e. The van der Waals surface area contributed by atoms with Crippen LogP contribution in [0.3, 0.4) is 0 Å². The van der Waals surface area contributed by atoms with E-state index in [0.29, 0.717) is 12.8 Å². The summed E-state index contributed by atoms with van der Waals surface area (Å²) in [6.45, 7) is 0.252. The third-order valence-corrected chi connectivity index (χ3v) is 6.00. The van der Waals surface area contributed by atoms with Gasteiger partial charge in [0.1, 0.15) is 10.6 Å². The maximum Gasteiger partial charge on any atom is 0.573 e. The molecule has 0 radical (unpaired) electrons. The van der Waals surface area contributed by atoms with Crippen LogP contribution in [0.15, 0.2) is 59.5 Å². The van der Waals surface area contributed by atoms with Gasteiger partial charge in [0.05, 0.1) is 6.04 Å². The van der Waals surface area contributed by atoms with Gasteiger partial charge >= 0.3 is 6.36 Å². The summed E-state index contributed by atoms with van der Waals surface area (Å²) in [5.41, 5.74) is 0.817. The molecule has 0 aromatic heterocycles. The van der Waals surface area contributed by atoms with Crippen LogP contribution in [-0.4, -0.2) is 25.6 Å². The Kier molecular flexibility index (Phi) is 4.75. The van der Waals surface area contributed by atoms with E-state index < -0.39 is 33.1 Å². The fraction of sp³-hybridized carbons (Fsp3) is 0.294. The molecular formula is C17H16F3NO3S. The molecule has 2 aromatic rings. The molecule has 3 rings (SSSR count). The molecule has 0 aliphatic carbocycles. The molecule has 0 unspecified atom stereocenters. The number of ether oxygens (including phenoxy) is 1. The molecule has 8 heteroatoms. The van der Waals surface area contributed by atoms with Crippen molar-refractivity contribution >= 4 is 10.0 Å². The normalized spacial score (nSPS) is 19.1. The molecule has 1 atom stereocenters. The van der Waals surface area contributed by atoms with Crippen LogP contribution in [0.25, 0.3) is 0 Å². The molecule has 2 aromatic carbocycles. The maximum absolute atomic E-state index is 13.0. The molecule has 0 spiro atoms. The quantitative estimate of drug-likeness (QED) is 0.813. The number of hydrogen-bond acceptors (Lipinski definition) is 3. The van der Waals surface area contributed by atoms with Crippen LogP contribution in [0.1, 0.15) is 24.4 Å². The first-order valence-electron chi connectivity index (χ1n) is 7.70. The summed E-state index contributed by atoms with van der Waals surface area (Å²) in [6.07, 6.45) is -3.71. The summed E-state index contributed by atoms with van der Waals surface area (Å²) >= 11 is 0. The van der Waals surface area contributed by atoms with E-state index in [1.54, 1.807) is 12.1 Å². The van der Waals surface area contributed by atoms with E-state index in [0.717, 1.165) is 17.7 Å². The number of sulfonamides is 1. The summed E-state index contributed by atoms with van der Waals surface area (Å²) < 4.78 is 69.0. The highest BCUT2D eigenvalue weighted by Gasteiger charge is 2.39.